The van der Waals surface area contributed by atoms with Crippen LogP contribution in [0.25, 0.3) is 0 Å². The third-order valence-electron chi connectivity index (χ3n) is 2.85. The minimum atomic E-state index is -0.459. The number of rotatable bonds is 8. The maximum absolute atomic E-state index is 11.7. The van der Waals surface area contributed by atoms with Crippen molar-refractivity contribution in [3.63, 3.8) is 0 Å². The highest BCUT2D eigenvalue weighted by Crippen LogP contribution is 2.08. The van der Waals surface area contributed by atoms with E-state index in [-0.39, 0.29) is 12.1 Å². The number of nitrogens with zero attached hydrogens (tertiary/aromatic N) is 1. The summed E-state index contributed by atoms with van der Waals surface area (Å²) in [6.07, 6.45) is 4.83. The van der Waals surface area contributed by atoms with Crippen molar-refractivity contribution in [3.8, 4) is 0 Å². The van der Waals surface area contributed by atoms with E-state index in [0.717, 1.165) is 25.8 Å². The standard InChI is InChI=1S/C15H27N3O2S/c1-5-6-7-12(17-10-13-9-16-11-21-13)8-18-14(19)20-15(2,3)4/h9,11-12,17H,5-8,10H2,1-4H3,(H,18,19). The Morgan fingerprint density at radius 2 is 2.24 bits per heavy atom. The number of amides is 1. The van der Waals surface area contributed by atoms with E-state index >= 15 is 0 Å². The summed E-state index contributed by atoms with van der Waals surface area (Å²) in [4.78, 5) is 17.0. The molecule has 0 aliphatic heterocycles. The molecule has 120 valence electrons. The van der Waals surface area contributed by atoms with Gasteiger partial charge < -0.3 is 15.4 Å². The van der Waals surface area contributed by atoms with E-state index in [9.17, 15) is 4.79 Å². The molecular weight excluding hydrogens is 286 g/mol. The normalized spacial score (nSPS) is 13.0. The number of ether oxygens (including phenoxy) is 1. The number of alkyl carbamates (subject to hydrolysis) is 1. The van der Waals surface area contributed by atoms with Crippen molar-refractivity contribution in [1.82, 2.24) is 15.6 Å². The van der Waals surface area contributed by atoms with Crippen LogP contribution in [0.15, 0.2) is 11.7 Å². The van der Waals surface area contributed by atoms with Crippen molar-refractivity contribution in [2.75, 3.05) is 6.54 Å². The SMILES string of the molecule is CCCCC(CNC(=O)OC(C)(C)C)NCc1cncs1. The van der Waals surface area contributed by atoms with Crippen LogP contribution in [0.5, 0.6) is 0 Å². The van der Waals surface area contributed by atoms with Crippen molar-refractivity contribution in [3.05, 3.63) is 16.6 Å². The topological polar surface area (TPSA) is 63.2 Å². The van der Waals surface area contributed by atoms with Crippen LogP contribution in [0, 0.1) is 0 Å². The molecule has 5 nitrogen and oxygen atoms in total. The molecule has 6 heteroatoms. The van der Waals surface area contributed by atoms with Crippen LogP contribution in [0.3, 0.4) is 0 Å². The number of aromatic nitrogens is 1. The van der Waals surface area contributed by atoms with Gasteiger partial charge in [-0.2, -0.15) is 0 Å². The molecule has 0 aliphatic rings. The Bertz CT molecular complexity index is 402. The second kappa shape index (κ2) is 9.00. The van der Waals surface area contributed by atoms with Gasteiger partial charge in [0, 0.05) is 30.2 Å². The summed E-state index contributed by atoms with van der Waals surface area (Å²) < 4.78 is 5.26. The molecule has 0 saturated heterocycles. The lowest BCUT2D eigenvalue weighted by Gasteiger charge is -2.22. The van der Waals surface area contributed by atoms with Crippen LogP contribution in [-0.2, 0) is 11.3 Å². The number of carbonyl (C=O) groups is 1. The maximum Gasteiger partial charge on any atom is 0.407 e. The van der Waals surface area contributed by atoms with E-state index in [0.29, 0.717) is 6.54 Å². The summed E-state index contributed by atoms with van der Waals surface area (Å²) >= 11 is 1.64. The Hall–Kier alpha value is -1.14. The van der Waals surface area contributed by atoms with Gasteiger partial charge in [-0.05, 0) is 27.2 Å². The molecule has 0 aromatic carbocycles. The Kier molecular flexibility index (Phi) is 7.67. The molecule has 0 aliphatic carbocycles. The van der Waals surface area contributed by atoms with Gasteiger partial charge in [-0.3, -0.25) is 4.98 Å². The average Bonchev–Trinajstić information content (AvgIpc) is 2.89. The summed E-state index contributed by atoms with van der Waals surface area (Å²) in [5, 5.41) is 6.32. The number of hydrogen-bond acceptors (Lipinski definition) is 5. The molecule has 2 N–H and O–H groups in total. The van der Waals surface area contributed by atoms with E-state index in [2.05, 4.69) is 22.5 Å². The van der Waals surface area contributed by atoms with Gasteiger partial charge in [0.05, 0.1) is 5.51 Å². The first-order chi connectivity index (χ1) is 9.90. The molecule has 0 fully saturated rings. The lowest BCUT2D eigenvalue weighted by Crippen LogP contribution is -2.42. The highest BCUT2D eigenvalue weighted by Gasteiger charge is 2.17. The second-order valence-corrected chi connectivity index (χ2v) is 7.04. The fourth-order valence-electron chi connectivity index (χ4n) is 1.82. The van der Waals surface area contributed by atoms with Gasteiger partial charge in [0.1, 0.15) is 5.60 Å². The van der Waals surface area contributed by atoms with Crippen molar-refractivity contribution < 1.29 is 9.53 Å². The molecule has 1 unspecified atom stereocenters. The Morgan fingerprint density at radius 3 is 2.81 bits per heavy atom. The van der Waals surface area contributed by atoms with Gasteiger partial charge in [0.15, 0.2) is 0 Å². The van der Waals surface area contributed by atoms with Crippen LogP contribution < -0.4 is 10.6 Å². The fourth-order valence-corrected chi connectivity index (χ4v) is 2.37. The Labute approximate surface area is 131 Å². The summed E-state index contributed by atoms with van der Waals surface area (Å²) in [6, 6.07) is 0.250. The lowest BCUT2D eigenvalue weighted by molar-refractivity contribution is 0.0521. The van der Waals surface area contributed by atoms with Crippen LogP contribution in [0.4, 0.5) is 4.79 Å². The van der Waals surface area contributed by atoms with Crippen molar-refractivity contribution >= 4 is 17.4 Å². The molecule has 0 radical (unpaired) electrons. The van der Waals surface area contributed by atoms with Gasteiger partial charge >= 0.3 is 6.09 Å². The smallest absolute Gasteiger partial charge is 0.407 e. The third-order valence-corrected chi connectivity index (χ3v) is 3.63. The fraction of sp³-hybridized carbons (Fsp3) is 0.733. The van der Waals surface area contributed by atoms with Gasteiger partial charge in [-0.25, -0.2) is 4.79 Å². The second-order valence-electron chi connectivity index (χ2n) is 6.07. The number of nitrogens with one attached hydrogen (secondary N) is 2. The molecule has 1 atom stereocenters. The third kappa shape index (κ3) is 8.67. The highest BCUT2D eigenvalue weighted by molar-refractivity contribution is 7.09. The molecule has 1 aromatic rings. The van der Waals surface area contributed by atoms with Crippen molar-refractivity contribution in [2.24, 2.45) is 0 Å². The minimum absolute atomic E-state index is 0.250. The number of unbranched alkanes of at least 4 members (excludes halogenated alkanes) is 1. The molecule has 1 aromatic heterocycles. The monoisotopic (exact) mass is 313 g/mol. The molecule has 0 spiro atoms. The molecule has 0 saturated carbocycles. The number of hydrogen-bond donors (Lipinski definition) is 2. The first-order valence-electron chi connectivity index (χ1n) is 7.48. The first-order valence-corrected chi connectivity index (χ1v) is 8.36. The van der Waals surface area contributed by atoms with Gasteiger partial charge in [0.25, 0.3) is 0 Å². The number of thiazole rings is 1. The predicted octanol–water partition coefficient (Wildman–Crippen LogP) is 3.32. The van der Waals surface area contributed by atoms with Crippen LogP contribution in [-0.4, -0.2) is 29.3 Å². The zero-order valence-electron chi connectivity index (χ0n) is 13.4. The Morgan fingerprint density at radius 1 is 1.48 bits per heavy atom. The van der Waals surface area contributed by atoms with E-state index in [1.54, 1.807) is 11.3 Å². The highest BCUT2D eigenvalue weighted by atomic mass is 32.1. The maximum atomic E-state index is 11.7. The number of carbonyl (C=O) groups excluding carboxylic acids is 1. The van der Waals surface area contributed by atoms with Crippen molar-refractivity contribution in [2.45, 2.75) is 65.1 Å². The molecular formula is C15H27N3O2S. The van der Waals surface area contributed by atoms with Crippen LogP contribution >= 0.6 is 11.3 Å². The summed E-state index contributed by atoms with van der Waals surface area (Å²) in [6.45, 7) is 9.12. The lowest BCUT2D eigenvalue weighted by atomic mass is 10.1. The average molecular weight is 313 g/mol. The summed E-state index contributed by atoms with van der Waals surface area (Å²) in [7, 11) is 0. The van der Waals surface area contributed by atoms with Gasteiger partial charge in [-0.1, -0.05) is 19.8 Å². The van der Waals surface area contributed by atoms with Gasteiger partial charge in [-0.15, -0.1) is 11.3 Å². The minimum Gasteiger partial charge on any atom is -0.444 e. The van der Waals surface area contributed by atoms with E-state index in [1.807, 2.05) is 32.5 Å². The van der Waals surface area contributed by atoms with Crippen LogP contribution in [0.1, 0.15) is 51.8 Å². The first kappa shape index (κ1) is 17.9. The van der Waals surface area contributed by atoms with E-state index in [1.165, 1.54) is 4.88 Å². The van der Waals surface area contributed by atoms with Crippen molar-refractivity contribution in [1.29, 1.82) is 0 Å². The van der Waals surface area contributed by atoms with E-state index in [4.69, 9.17) is 4.74 Å². The van der Waals surface area contributed by atoms with E-state index < -0.39 is 5.60 Å². The quantitative estimate of drug-likeness (QED) is 0.773. The molecule has 0 bridgehead atoms. The summed E-state index contributed by atoms with van der Waals surface area (Å²) in [5.41, 5.74) is 1.37. The zero-order chi connectivity index (χ0) is 15.7. The molecule has 1 amide bonds. The zero-order valence-corrected chi connectivity index (χ0v) is 14.3. The molecule has 1 heterocycles. The predicted molar refractivity (Wildman–Crippen MR) is 86.5 cm³/mol. The molecule has 1 rings (SSSR count). The largest absolute Gasteiger partial charge is 0.444 e. The Balaban J connectivity index is 2.36. The van der Waals surface area contributed by atoms with Crippen LogP contribution in [0.2, 0.25) is 0 Å². The summed E-state index contributed by atoms with van der Waals surface area (Å²) in [5.74, 6) is 0. The van der Waals surface area contributed by atoms with Gasteiger partial charge in [0.2, 0.25) is 0 Å². The molecule has 21 heavy (non-hydrogen) atoms.